The summed E-state index contributed by atoms with van der Waals surface area (Å²) in [4.78, 5) is 37.8. The maximum Gasteiger partial charge on any atom is 0.340 e. The zero-order chi connectivity index (χ0) is 22.2. The fourth-order valence-electron chi connectivity index (χ4n) is 3.76. The second-order valence-electron chi connectivity index (χ2n) is 7.45. The maximum atomic E-state index is 13.0. The Morgan fingerprint density at radius 1 is 0.871 bits per heavy atom. The molecule has 0 atom stereocenters. The number of hydrogen-bond acceptors (Lipinski definition) is 3. The highest BCUT2D eigenvalue weighted by Gasteiger charge is 2.31. The lowest BCUT2D eigenvalue weighted by molar-refractivity contribution is -0.139. The molecule has 7 nitrogen and oxygen atoms in total. The van der Waals surface area contributed by atoms with Gasteiger partial charge in [0, 0.05) is 37.3 Å². The molecule has 0 aliphatic carbocycles. The summed E-state index contributed by atoms with van der Waals surface area (Å²) in [5.41, 5.74) is 3.55. The third kappa shape index (κ3) is 5.42. The molecule has 2 aromatic rings. The van der Waals surface area contributed by atoms with Crippen molar-refractivity contribution in [2.75, 3.05) is 25.0 Å². The maximum absolute atomic E-state index is 13.0. The summed E-state index contributed by atoms with van der Waals surface area (Å²) < 4.78 is 0. The molecule has 4 amide bonds. The van der Waals surface area contributed by atoms with Gasteiger partial charge in [0.15, 0.2) is 0 Å². The van der Waals surface area contributed by atoms with E-state index < -0.39 is 0 Å². The number of anilines is 1. The van der Waals surface area contributed by atoms with E-state index in [-0.39, 0.29) is 30.8 Å². The summed E-state index contributed by atoms with van der Waals surface area (Å²) in [7, 11) is 0. The molecule has 0 aromatic heterocycles. The first kappa shape index (κ1) is 22.3. The minimum atomic E-state index is -0.297. The Bertz CT molecular complexity index is 907. The fourth-order valence-corrected chi connectivity index (χ4v) is 3.76. The second-order valence-corrected chi connectivity index (χ2v) is 7.45. The predicted molar refractivity (Wildman–Crippen MR) is 121 cm³/mol. The highest BCUT2D eigenvalue weighted by molar-refractivity contribution is 5.95. The van der Waals surface area contributed by atoms with Crippen LogP contribution in [0.1, 0.15) is 48.2 Å². The number of nitrogens with zero attached hydrogens (tertiary/aromatic N) is 2. The van der Waals surface area contributed by atoms with Crippen molar-refractivity contribution in [2.24, 2.45) is 0 Å². The van der Waals surface area contributed by atoms with E-state index in [1.807, 2.05) is 24.3 Å². The van der Waals surface area contributed by atoms with Crippen LogP contribution in [0.4, 0.5) is 10.5 Å². The molecular weight excluding hydrogens is 392 g/mol. The van der Waals surface area contributed by atoms with E-state index in [2.05, 4.69) is 24.5 Å². The molecule has 1 saturated heterocycles. The molecule has 0 unspecified atom stereocenters. The predicted octanol–water partition coefficient (Wildman–Crippen LogP) is 3.61. The Morgan fingerprint density at radius 2 is 1.52 bits per heavy atom. The number of hydrazine groups is 1. The van der Waals surface area contributed by atoms with Crippen LogP contribution in [0.2, 0.25) is 0 Å². The number of benzene rings is 2. The molecule has 1 aliphatic rings. The van der Waals surface area contributed by atoms with Gasteiger partial charge in [-0.3, -0.25) is 9.59 Å². The summed E-state index contributed by atoms with van der Waals surface area (Å²) in [6.07, 6.45) is 2.49. The SMILES string of the molecule is CCc1cccc(CC)c1NC(=O)N1CCCN1C(=O)CCNC(=O)c1ccccc1. The van der Waals surface area contributed by atoms with Gasteiger partial charge in [0.25, 0.3) is 5.91 Å². The lowest BCUT2D eigenvalue weighted by atomic mass is 10.0. The Kier molecular flexibility index (Phi) is 7.65. The number of carbonyl (C=O) groups is 3. The van der Waals surface area contributed by atoms with Crippen LogP contribution in [0, 0.1) is 0 Å². The van der Waals surface area contributed by atoms with Crippen LogP contribution in [-0.4, -0.2) is 47.5 Å². The van der Waals surface area contributed by atoms with Gasteiger partial charge in [-0.2, -0.15) is 0 Å². The van der Waals surface area contributed by atoms with Gasteiger partial charge in [-0.05, 0) is 42.5 Å². The van der Waals surface area contributed by atoms with Crippen molar-refractivity contribution >= 4 is 23.5 Å². The van der Waals surface area contributed by atoms with Gasteiger partial charge in [-0.1, -0.05) is 50.2 Å². The average Bonchev–Trinajstić information content (AvgIpc) is 3.30. The zero-order valence-electron chi connectivity index (χ0n) is 18.2. The first-order valence-electron chi connectivity index (χ1n) is 10.9. The minimum absolute atomic E-state index is 0.133. The summed E-state index contributed by atoms with van der Waals surface area (Å²) in [5, 5.41) is 8.76. The van der Waals surface area contributed by atoms with E-state index >= 15 is 0 Å². The van der Waals surface area contributed by atoms with Crippen molar-refractivity contribution in [3.8, 4) is 0 Å². The number of rotatable bonds is 7. The van der Waals surface area contributed by atoms with Gasteiger partial charge in [0.2, 0.25) is 5.91 Å². The molecule has 2 aromatic carbocycles. The molecule has 31 heavy (non-hydrogen) atoms. The number of amides is 4. The molecule has 0 saturated carbocycles. The molecule has 3 rings (SSSR count). The lowest BCUT2D eigenvalue weighted by Crippen LogP contribution is -2.47. The van der Waals surface area contributed by atoms with Gasteiger partial charge >= 0.3 is 6.03 Å². The van der Waals surface area contributed by atoms with Crippen LogP contribution in [0.15, 0.2) is 48.5 Å². The van der Waals surface area contributed by atoms with Crippen molar-refractivity contribution in [3.63, 3.8) is 0 Å². The molecule has 1 fully saturated rings. The third-order valence-electron chi connectivity index (χ3n) is 5.44. The number of nitrogens with one attached hydrogen (secondary N) is 2. The molecule has 2 N–H and O–H groups in total. The molecule has 1 heterocycles. The van der Waals surface area contributed by atoms with E-state index in [1.54, 1.807) is 24.3 Å². The summed E-state index contributed by atoms with van der Waals surface area (Å²) in [5.74, 6) is -0.395. The van der Waals surface area contributed by atoms with Crippen LogP contribution < -0.4 is 10.6 Å². The highest BCUT2D eigenvalue weighted by Crippen LogP contribution is 2.24. The smallest absolute Gasteiger partial charge is 0.340 e. The number of urea groups is 1. The van der Waals surface area contributed by atoms with Crippen LogP contribution in [0.25, 0.3) is 0 Å². The van der Waals surface area contributed by atoms with Crippen molar-refractivity contribution in [2.45, 2.75) is 39.5 Å². The largest absolute Gasteiger partial charge is 0.352 e. The molecule has 1 aliphatic heterocycles. The monoisotopic (exact) mass is 422 g/mol. The van der Waals surface area contributed by atoms with Crippen LogP contribution in [-0.2, 0) is 17.6 Å². The van der Waals surface area contributed by atoms with Crippen LogP contribution >= 0.6 is 0 Å². The molecule has 0 bridgehead atoms. The standard InChI is InChI=1S/C24H30N4O3/c1-3-18-12-8-13-19(4-2)22(18)26-24(31)28-17-9-16-27(28)21(29)14-15-25-23(30)20-10-6-5-7-11-20/h5-8,10-13H,3-4,9,14-17H2,1-2H3,(H,25,30)(H,26,31). The lowest BCUT2D eigenvalue weighted by Gasteiger charge is -2.29. The van der Waals surface area contributed by atoms with Gasteiger partial charge in [-0.15, -0.1) is 0 Å². The average molecular weight is 423 g/mol. The van der Waals surface area contributed by atoms with Gasteiger partial charge in [0.1, 0.15) is 0 Å². The molecule has 0 spiro atoms. The van der Waals surface area contributed by atoms with E-state index in [1.165, 1.54) is 10.0 Å². The van der Waals surface area contributed by atoms with Crippen LogP contribution in [0.3, 0.4) is 0 Å². The van der Waals surface area contributed by atoms with E-state index in [4.69, 9.17) is 0 Å². The molecule has 7 heteroatoms. The number of hydrogen-bond donors (Lipinski definition) is 2. The minimum Gasteiger partial charge on any atom is -0.352 e. The fraction of sp³-hybridized carbons (Fsp3) is 0.375. The van der Waals surface area contributed by atoms with Crippen molar-refractivity contribution < 1.29 is 14.4 Å². The van der Waals surface area contributed by atoms with Crippen LogP contribution in [0.5, 0.6) is 0 Å². The number of aryl methyl sites for hydroxylation is 2. The Morgan fingerprint density at radius 3 is 2.16 bits per heavy atom. The van der Waals surface area contributed by atoms with E-state index in [9.17, 15) is 14.4 Å². The Hall–Kier alpha value is -3.35. The van der Waals surface area contributed by atoms with Gasteiger partial charge in [0.05, 0.1) is 0 Å². The van der Waals surface area contributed by atoms with E-state index in [0.717, 1.165) is 36.1 Å². The van der Waals surface area contributed by atoms with Crippen molar-refractivity contribution in [1.82, 2.24) is 15.3 Å². The highest BCUT2D eigenvalue weighted by atomic mass is 16.2. The summed E-state index contributed by atoms with van der Waals surface area (Å²) >= 11 is 0. The van der Waals surface area contributed by atoms with Crippen molar-refractivity contribution in [1.29, 1.82) is 0 Å². The topological polar surface area (TPSA) is 81.8 Å². The van der Waals surface area contributed by atoms with Gasteiger partial charge < -0.3 is 10.6 Å². The third-order valence-corrected chi connectivity index (χ3v) is 5.44. The van der Waals surface area contributed by atoms with Crippen molar-refractivity contribution in [3.05, 3.63) is 65.2 Å². The normalized spacial score (nSPS) is 13.2. The first-order chi connectivity index (χ1) is 15.0. The number of para-hydroxylation sites is 1. The van der Waals surface area contributed by atoms with Gasteiger partial charge in [-0.25, -0.2) is 14.8 Å². The molecular formula is C24H30N4O3. The first-order valence-corrected chi connectivity index (χ1v) is 10.9. The van der Waals surface area contributed by atoms with E-state index in [0.29, 0.717) is 18.7 Å². The quantitative estimate of drug-likeness (QED) is 0.715. The number of carbonyl (C=O) groups excluding carboxylic acids is 3. The Balaban J connectivity index is 1.58. The molecule has 164 valence electrons. The zero-order valence-corrected chi connectivity index (χ0v) is 18.2. The Labute approximate surface area is 183 Å². The second kappa shape index (κ2) is 10.6. The summed E-state index contributed by atoms with van der Waals surface area (Å²) in [6, 6.07) is 14.6. The summed E-state index contributed by atoms with van der Waals surface area (Å²) in [6.45, 7) is 5.31. The molecule has 0 radical (unpaired) electrons.